The molecular weight excluding hydrogens is 312 g/mol. The van der Waals surface area contributed by atoms with E-state index in [1.54, 1.807) is 12.3 Å². The molecule has 2 aromatic rings. The zero-order valence-corrected chi connectivity index (χ0v) is 14.4. The largest absolute Gasteiger partial charge is 0.490 e. The van der Waals surface area contributed by atoms with Crippen molar-refractivity contribution in [1.29, 1.82) is 0 Å². The van der Waals surface area contributed by atoms with E-state index >= 15 is 0 Å². The van der Waals surface area contributed by atoms with Gasteiger partial charge in [-0.25, -0.2) is 4.98 Å². The van der Waals surface area contributed by atoms with Crippen LogP contribution < -0.4 is 14.8 Å². The second kappa shape index (κ2) is 9.38. The molecule has 1 heterocycles. The van der Waals surface area contributed by atoms with Gasteiger partial charge in [0.05, 0.1) is 6.61 Å². The summed E-state index contributed by atoms with van der Waals surface area (Å²) < 4.78 is 11.6. The van der Waals surface area contributed by atoms with E-state index in [4.69, 9.17) is 21.1 Å². The lowest BCUT2D eigenvalue weighted by molar-refractivity contribution is 0.269. The first-order chi connectivity index (χ1) is 11.2. The third-order valence-corrected chi connectivity index (χ3v) is 3.47. The molecule has 23 heavy (non-hydrogen) atoms. The first kappa shape index (κ1) is 17.6. The summed E-state index contributed by atoms with van der Waals surface area (Å²) >= 11 is 5.79. The van der Waals surface area contributed by atoms with Crippen LogP contribution in [0.15, 0.2) is 36.5 Å². The van der Waals surface area contributed by atoms with E-state index in [1.807, 2.05) is 25.1 Å². The fourth-order valence-electron chi connectivity index (χ4n) is 2.11. The van der Waals surface area contributed by atoms with Crippen LogP contribution >= 0.6 is 11.6 Å². The molecule has 1 aromatic heterocycles. The molecule has 1 aromatic carbocycles. The second-order valence-corrected chi connectivity index (χ2v) is 5.56. The molecule has 2 rings (SSSR count). The van der Waals surface area contributed by atoms with Crippen LogP contribution in [0.4, 0.5) is 0 Å². The van der Waals surface area contributed by atoms with Gasteiger partial charge in [-0.1, -0.05) is 30.7 Å². The van der Waals surface area contributed by atoms with Gasteiger partial charge in [-0.05, 0) is 43.7 Å². The summed E-state index contributed by atoms with van der Waals surface area (Å²) in [6.45, 7) is 6.99. The van der Waals surface area contributed by atoms with E-state index in [0.717, 1.165) is 36.6 Å². The predicted molar refractivity (Wildman–Crippen MR) is 93.2 cm³/mol. The van der Waals surface area contributed by atoms with E-state index in [-0.39, 0.29) is 0 Å². The van der Waals surface area contributed by atoms with Crippen molar-refractivity contribution in [1.82, 2.24) is 10.3 Å². The molecule has 0 fully saturated rings. The molecule has 0 aliphatic carbocycles. The van der Waals surface area contributed by atoms with Crippen LogP contribution in [0.1, 0.15) is 31.4 Å². The number of nitrogens with one attached hydrogen (secondary N) is 1. The number of aromatic nitrogens is 1. The highest BCUT2D eigenvalue weighted by Crippen LogP contribution is 2.29. The quantitative estimate of drug-likeness (QED) is 0.551. The van der Waals surface area contributed by atoms with Crippen LogP contribution in [0.25, 0.3) is 0 Å². The summed E-state index contributed by atoms with van der Waals surface area (Å²) in [4.78, 5) is 4.05. The Bertz CT molecular complexity index is 602. The highest BCUT2D eigenvalue weighted by molar-refractivity contribution is 6.29. The van der Waals surface area contributed by atoms with Gasteiger partial charge in [0.1, 0.15) is 11.8 Å². The van der Waals surface area contributed by atoms with Gasteiger partial charge in [0.2, 0.25) is 0 Å². The molecule has 0 saturated heterocycles. The normalized spacial score (nSPS) is 10.6. The van der Waals surface area contributed by atoms with Crippen LogP contribution in [0.5, 0.6) is 11.5 Å². The van der Waals surface area contributed by atoms with Gasteiger partial charge >= 0.3 is 0 Å². The van der Waals surface area contributed by atoms with Crippen LogP contribution in [0, 0.1) is 0 Å². The molecule has 124 valence electrons. The Morgan fingerprint density at radius 3 is 2.57 bits per heavy atom. The monoisotopic (exact) mass is 334 g/mol. The van der Waals surface area contributed by atoms with Crippen molar-refractivity contribution >= 4 is 11.6 Å². The molecule has 0 aliphatic heterocycles. The van der Waals surface area contributed by atoms with E-state index in [0.29, 0.717) is 18.4 Å². The van der Waals surface area contributed by atoms with Gasteiger partial charge in [-0.15, -0.1) is 0 Å². The summed E-state index contributed by atoms with van der Waals surface area (Å²) in [5.74, 6) is 1.51. The van der Waals surface area contributed by atoms with Gasteiger partial charge in [0, 0.05) is 18.3 Å². The number of ether oxygens (including phenoxy) is 2. The highest BCUT2D eigenvalue weighted by Gasteiger charge is 2.07. The number of hydrogen-bond acceptors (Lipinski definition) is 4. The van der Waals surface area contributed by atoms with E-state index in [9.17, 15) is 0 Å². The Kier molecular flexibility index (Phi) is 7.17. The average Bonchev–Trinajstić information content (AvgIpc) is 2.56. The number of benzene rings is 1. The van der Waals surface area contributed by atoms with Gasteiger partial charge in [0.25, 0.3) is 0 Å². The summed E-state index contributed by atoms with van der Waals surface area (Å²) in [6, 6.07) is 9.70. The number of nitrogens with zero attached hydrogens (tertiary/aromatic N) is 1. The van der Waals surface area contributed by atoms with Crippen LogP contribution in [0.2, 0.25) is 5.15 Å². The summed E-state index contributed by atoms with van der Waals surface area (Å²) in [5.41, 5.74) is 2.15. The van der Waals surface area contributed by atoms with Crippen molar-refractivity contribution in [2.75, 3.05) is 13.2 Å². The topological polar surface area (TPSA) is 43.4 Å². The van der Waals surface area contributed by atoms with Crippen molar-refractivity contribution < 1.29 is 9.47 Å². The number of hydrogen-bond donors (Lipinski definition) is 1. The maximum Gasteiger partial charge on any atom is 0.161 e. The molecule has 0 aliphatic rings. The minimum atomic E-state index is 0.428. The van der Waals surface area contributed by atoms with Crippen molar-refractivity contribution in [3.8, 4) is 11.5 Å². The first-order valence-corrected chi connectivity index (χ1v) is 8.30. The zero-order chi connectivity index (χ0) is 16.5. The molecule has 0 bridgehead atoms. The lowest BCUT2D eigenvalue weighted by atomic mass is 10.2. The fraction of sp³-hybridized carbons (Fsp3) is 0.389. The van der Waals surface area contributed by atoms with E-state index in [2.05, 4.69) is 23.3 Å². The standard InChI is InChI=1S/C18H23ClN2O2/c1-3-9-20-11-14-5-7-16(17(10-14)22-4-2)23-13-15-6-8-18(19)21-12-15/h5-8,10,12,20H,3-4,9,11,13H2,1-2H3. The number of halogens is 1. The van der Waals surface area contributed by atoms with Crippen molar-refractivity contribution in [3.63, 3.8) is 0 Å². The molecule has 5 heteroatoms. The zero-order valence-electron chi connectivity index (χ0n) is 13.6. The lowest BCUT2D eigenvalue weighted by Crippen LogP contribution is -2.13. The summed E-state index contributed by atoms with van der Waals surface area (Å²) in [6.07, 6.45) is 2.83. The third kappa shape index (κ3) is 5.73. The Morgan fingerprint density at radius 1 is 1.04 bits per heavy atom. The molecule has 0 saturated carbocycles. The highest BCUT2D eigenvalue weighted by atomic mass is 35.5. The van der Waals surface area contributed by atoms with E-state index in [1.165, 1.54) is 5.56 Å². The summed E-state index contributed by atoms with van der Waals surface area (Å²) in [7, 11) is 0. The molecule has 4 nitrogen and oxygen atoms in total. The average molecular weight is 335 g/mol. The van der Waals surface area contributed by atoms with Crippen LogP contribution in [0.3, 0.4) is 0 Å². The Hall–Kier alpha value is -1.78. The maximum atomic E-state index is 5.87. The second-order valence-electron chi connectivity index (χ2n) is 5.17. The Labute approximate surface area is 142 Å². The lowest BCUT2D eigenvalue weighted by Gasteiger charge is -2.14. The molecule has 0 atom stereocenters. The molecule has 0 amide bonds. The van der Waals surface area contributed by atoms with Gasteiger partial charge in [-0.2, -0.15) is 0 Å². The minimum Gasteiger partial charge on any atom is -0.490 e. The summed E-state index contributed by atoms with van der Waals surface area (Å²) in [5, 5.41) is 3.87. The van der Waals surface area contributed by atoms with Crippen molar-refractivity contribution in [2.24, 2.45) is 0 Å². The predicted octanol–water partition coefficient (Wildman–Crippen LogP) is 4.21. The van der Waals surface area contributed by atoms with E-state index < -0.39 is 0 Å². The van der Waals surface area contributed by atoms with Crippen LogP contribution in [-0.2, 0) is 13.2 Å². The van der Waals surface area contributed by atoms with Crippen LogP contribution in [-0.4, -0.2) is 18.1 Å². The smallest absolute Gasteiger partial charge is 0.161 e. The van der Waals surface area contributed by atoms with Gasteiger partial charge < -0.3 is 14.8 Å². The van der Waals surface area contributed by atoms with Crippen molar-refractivity contribution in [3.05, 3.63) is 52.8 Å². The number of rotatable bonds is 9. The molecule has 0 unspecified atom stereocenters. The van der Waals surface area contributed by atoms with Crippen molar-refractivity contribution in [2.45, 2.75) is 33.4 Å². The molecule has 0 spiro atoms. The van der Waals surface area contributed by atoms with Gasteiger partial charge in [0.15, 0.2) is 11.5 Å². The SMILES string of the molecule is CCCNCc1ccc(OCc2ccc(Cl)nc2)c(OCC)c1. The Morgan fingerprint density at radius 2 is 1.87 bits per heavy atom. The molecule has 0 radical (unpaired) electrons. The Balaban J connectivity index is 2.02. The number of pyridine rings is 1. The molecular formula is C18H23ClN2O2. The third-order valence-electron chi connectivity index (χ3n) is 3.25. The fourth-order valence-corrected chi connectivity index (χ4v) is 2.22. The van der Waals surface area contributed by atoms with Gasteiger partial charge in [-0.3, -0.25) is 0 Å². The molecule has 1 N–H and O–H groups in total. The maximum absolute atomic E-state index is 5.87. The first-order valence-electron chi connectivity index (χ1n) is 7.92. The minimum absolute atomic E-state index is 0.428.